The molecule has 0 saturated carbocycles. The van der Waals surface area contributed by atoms with Gasteiger partial charge in [0.25, 0.3) is 29.5 Å². The summed E-state index contributed by atoms with van der Waals surface area (Å²) in [7, 11) is 0. The Morgan fingerprint density at radius 2 is 0.847 bits per heavy atom. The van der Waals surface area contributed by atoms with Crippen molar-refractivity contribution >= 4 is 134 Å². The van der Waals surface area contributed by atoms with Crippen LogP contribution < -0.4 is 44.2 Å². The van der Waals surface area contributed by atoms with Gasteiger partial charge in [-0.3, -0.25) is 40.4 Å². The summed E-state index contributed by atoms with van der Waals surface area (Å²) < 4.78 is 27.1. The number of unbranched alkanes of at least 4 members (excludes halogenated alkanes) is 1. The van der Waals surface area contributed by atoms with Crippen molar-refractivity contribution in [3.05, 3.63) is 190 Å². The fourth-order valence-corrected chi connectivity index (χ4v) is 14.8. The van der Waals surface area contributed by atoms with Crippen LogP contribution in [0.3, 0.4) is 0 Å². The third-order valence-electron chi connectivity index (χ3n) is 16.5. The molecule has 0 aliphatic carbocycles. The lowest BCUT2D eigenvalue weighted by atomic mass is 10.1. The van der Waals surface area contributed by atoms with Crippen LogP contribution in [0, 0.1) is 20.8 Å². The molecule has 33 nitrogen and oxygen atoms in total. The van der Waals surface area contributed by atoms with Crippen molar-refractivity contribution in [2.45, 2.75) is 86.4 Å². The van der Waals surface area contributed by atoms with Crippen molar-refractivity contribution in [2.75, 3.05) is 47.4 Å². The van der Waals surface area contributed by atoms with E-state index in [1.54, 1.807) is 103 Å². The first-order valence-electron chi connectivity index (χ1n) is 34.4. The van der Waals surface area contributed by atoms with Gasteiger partial charge in [-0.2, -0.15) is 0 Å². The highest BCUT2D eigenvalue weighted by Gasteiger charge is 2.21. The van der Waals surface area contributed by atoms with E-state index in [0.29, 0.717) is 112 Å². The zero-order valence-electron chi connectivity index (χ0n) is 59.3. The van der Waals surface area contributed by atoms with Gasteiger partial charge in [0.15, 0.2) is 32.3 Å². The standard InChI is InChI=1S/C20H19N5O2S2.C18H18N6O2S.2C17H17N7O2S.CH4/c21-10-2-1-5-17-22-15(12-28-17)13-6-8-14(9-7-13)18(26)23-20-25-24-19(29-20)16-4-3-11-27-16;1-11-20-13-10-12(5-6-14(13)24(11)8-3-7-19)16(25)21-18-23-22-17(27-18)15-4-2-9-26-15;1-10-20-12-9-11(3-4-13(12)24(10)8-2-6-18)15(25)21-17-23-22-16(27-17)14-5-7-19-26-14;1-10-20-12-9-11(3-4-13(12)24(10)7-2-5-18)14(25)21-17-23-22-16(27-17)15-19-6-8-26-15;/h3-4,6-9,11-12H,1-2,5,10,21H2,(H,23,25,26);2,4-6,9-10H,3,7-8,19H2,1H3,(H,21,23,25);3-5,7,9H,2,6,8,18H2,1H3,(H,21,23,25);3-4,6,8-9H,2,5,7,18H2,1H3,(H,21,23,25);1H4. The van der Waals surface area contributed by atoms with Gasteiger partial charge in [0, 0.05) is 58.9 Å². The number of carbonyl (C=O) groups is 4. The Labute approximate surface area is 653 Å². The number of hydrogen-bond donors (Lipinski definition) is 8. The Morgan fingerprint density at radius 3 is 1.24 bits per heavy atom. The molecule has 4 aromatic carbocycles. The summed E-state index contributed by atoms with van der Waals surface area (Å²) in [6, 6.07) is 32.6. The molecule has 0 spiro atoms. The van der Waals surface area contributed by atoms with Gasteiger partial charge in [-0.25, -0.2) is 24.9 Å². The van der Waals surface area contributed by atoms with Gasteiger partial charge >= 0.3 is 0 Å². The summed E-state index contributed by atoms with van der Waals surface area (Å²) in [5.41, 5.74) is 31.6. The van der Waals surface area contributed by atoms with E-state index in [-0.39, 0.29) is 31.1 Å². The SMILES string of the molecule is C.Cc1nc2cc(C(=O)Nc3nnc(-c4ccco4)s3)ccc2n1CCCN.Cc1nc2cc(C(=O)Nc3nnc(-c4ccno4)s3)ccc2n1CCCN.Cc1nc2cc(C(=O)Nc3nnc(-c4ncco4)s3)ccc2n1CCCN.NCCCCc1nc(-c2ccc(C(=O)Nc3nnc(-c4ccco4)s3)cc2)cs1. The molecule has 0 unspecified atom stereocenters. The number of carbonyl (C=O) groups excluding carboxylic acids is 4. The smallest absolute Gasteiger partial charge is 0.257 e. The van der Waals surface area contributed by atoms with Gasteiger partial charge in [-0.05, 0) is 176 Å². The number of aryl methyl sites for hydroxylation is 7. The van der Waals surface area contributed by atoms with Crippen molar-refractivity contribution in [3.8, 4) is 54.5 Å². The summed E-state index contributed by atoms with van der Waals surface area (Å²) in [4.78, 5) is 72.5. The number of nitrogens with zero attached hydrogens (tertiary/aromatic N) is 17. The van der Waals surface area contributed by atoms with Crippen molar-refractivity contribution in [2.24, 2.45) is 22.9 Å². The highest BCUT2D eigenvalue weighted by Crippen LogP contribution is 2.32. The number of rotatable bonds is 26. The number of nitrogens with one attached hydrogen (secondary N) is 4. The Hall–Kier alpha value is -12.1. The number of thiazole rings is 1. The number of imidazole rings is 3. The Bertz CT molecular complexity index is 5300. The number of benzene rings is 4. The number of hydrogen-bond acceptors (Lipinski definition) is 31. The second-order valence-electron chi connectivity index (χ2n) is 24.1. The largest absolute Gasteiger partial charge is 0.462 e. The van der Waals surface area contributed by atoms with Crippen LogP contribution in [-0.4, -0.2) is 134 Å². The molecule has 570 valence electrons. The molecule has 12 heterocycles. The van der Waals surface area contributed by atoms with Crippen LogP contribution >= 0.6 is 56.7 Å². The Kier molecular flexibility index (Phi) is 26.4. The predicted octanol–water partition coefficient (Wildman–Crippen LogP) is 13.1. The third-order valence-corrected chi connectivity index (χ3v) is 20.8. The minimum absolute atomic E-state index is 0. The maximum absolute atomic E-state index is 12.6. The minimum atomic E-state index is -0.277. The molecular weight excluding hydrogens is 1520 g/mol. The molecule has 0 saturated heterocycles. The lowest BCUT2D eigenvalue weighted by Crippen LogP contribution is -2.11. The number of aromatic nitrogens is 17. The fraction of sp³-hybridized carbons (Fsp3) is 0.233. The number of nitrogens with two attached hydrogens (primary N) is 4. The molecule has 0 aliphatic heterocycles. The van der Waals surface area contributed by atoms with E-state index in [0.717, 1.165) is 125 Å². The first-order valence-corrected chi connectivity index (χ1v) is 38.6. The number of furan rings is 2. The number of anilines is 4. The van der Waals surface area contributed by atoms with Crippen LogP contribution in [0.15, 0.2) is 164 Å². The molecule has 38 heteroatoms. The molecular formula is C73H75N25O8S5. The molecule has 12 N–H and O–H groups in total. The number of oxazole rings is 1. The van der Waals surface area contributed by atoms with Crippen LogP contribution in [0.5, 0.6) is 0 Å². The van der Waals surface area contributed by atoms with Crippen LogP contribution in [-0.2, 0) is 26.1 Å². The van der Waals surface area contributed by atoms with Crippen LogP contribution in [0.4, 0.5) is 20.5 Å². The zero-order chi connectivity index (χ0) is 76.5. The van der Waals surface area contributed by atoms with Crippen molar-refractivity contribution in [3.63, 3.8) is 0 Å². The molecule has 0 bridgehead atoms. The summed E-state index contributed by atoms with van der Waals surface area (Å²) in [6.45, 7) is 10.8. The molecule has 16 rings (SSSR count). The molecule has 12 aromatic heterocycles. The average Bonchev–Trinajstić information content (AvgIpc) is 1.66. The van der Waals surface area contributed by atoms with Gasteiger partial charge in [-0.1, -0.05) is 70.1 Å². The summed E-state index contributed by atoms with van der Waals surface area (Å²) in [5, 5.41) is 53.7. The van der Waals surface area contributed by atoms with Crippen LogP contribution in [0.1, 0.15) is 103 Å². The number of fused-ring (bicyclic) bond motifs is 3. The highest BCUT2D eigenvalue weighted by atomic mass is 32.1. The van der Waals surface area contributed by atoms with E-state index in [1.165, 1.54) is 64.0 Å². The lowest BCUT2D eigenvalue weighted by molar-refractivity contribution is 0.101. The van der Waals surface area contributed by atoms with Crippen LogP contribution in [0.2, 0.25) is 0 Å². The maximum Gasteiger partial charge on any atom is 0.257 e. The van der Waals surface area contributed by atoms with E-state index in [4.69, 9.17) is 40.7 Å². The second kappa shape index (κ2) is 37.3. The topological polar surface area (TPSA) is 468 Å². The predicted molar refractivity (Wildman–Crippen MR) is 429 cm³/mol. The lowest BCUT2D eigenvalue weighted by Gasteiger charge is -2.06. The highest BCUT2D eigenvalue weighted by molar-refractivity contribution is 7.19. The van der Waals surface area contributed by atoms with Gasteiger partial charge in [-0.15, -0.1) is 52.1 Å². The summed E-state index contributed by atoms with van der Waals surface area (Å²) in [6.07, 6.45) is 13.3. The van der Waals surface area contributed by atoms with E-state index < -0.39 is 0 Å². The van der Waals surface area contributed by atoms with E-state index in [9.17, 15) is 19.2 Å². The zero-order valence-corrected chi connectivity index (χ0v) is 63.4. The molecule has 0 fully saturated rings. The van der Waals surface area contributed by atoms with Gasteiger partial charge < -0.3 is 54.4 Å². The first-order chi connectivity index (χ1) is 53.7. The molecule has 0 radical (unpaired) electrons. The molecule has 4 amide bonds. The van der Waals surface area contributed by atoms with Crippen molar-refractivity contribution in [1.82, 2.24) is 84.6 Å². The van der Waals surface area contributed by atoms with Gasteiger partial charge in [0.2, 0.25) is 25.5 Å². The molecule has 0 aliphatic rings. The Balaban J connectivity index is 0.000000137. The van der Waals surface area contributed by atoms with E-state index >= 15 is 0 Å². The Morgan fingerprint density at radius 1 is 0.432 bits per heavy atom. The average molecular weight is 1590 g/mol. The minimum Gasteiger partial charge on any atom is -0.462 e. The maximum atomic E-state index is 12.6. The summed E-state index contributed by atoms with van der Waals surface area (Å²) >= 11 is 6.57. The van der Waals surface area contributed by atoms with Gasteiger partial charge in [0.05, 0.1) is 68.7 Å². The van der Waals surface area contributed by atoms with E-state index in [2.05, 4.69) is 106 Å². The normalized spacial score (nSPS) is 11.0. The molecule has 111 heavy (non-hydrogen) atoms. The molecule has 0 atom stereocenters. The van der Waals surface area contributed by atoms with E-state index in [1.807, 2.05) is 56.5 Å². The monoisotopic (exact) mass is 1590 g/mol. The molecule has 16 aromatic rings. The number of amides is 4. The van der Waals surface area contributed by atoms with Crippen molar-refractivity contribution < 1.29 is 37.0 Å². The first kappa shape index (κ1) is 78.4. The fourth-order valence-electron chi connectivity index (χ4n) is 11.2. The van der Waals surface area contributed by atoms with Crippen LogP contribution in [0.25, 0.3) is 87.6 Å². The van der Waals surface area contributed by atoms with Crippen molar-refractivity contribution in [1.29, 1.82) is 0 Å². The van der Waals surface area contributed by atoms with Gasteiger partial charge in [0.1, 0.15) is 23.7 Å². The second-order valence-corrected chi connectivity index (χ2v) is 28.9. The quantitative estimate of drug-likeness (QED) is 0.0233. The summed E-state index contributed by atoms with van der Waals surface area (Å²) in [5.74, 6) is 3.78. The third kappa shape index (κ3) is 19.5.